The molecule has 0 aromatic heterocycles. The first-order valence-corrected chi connectivity index (χ1v) is 7.06. The van der Waals surface area contributed by atoms with Crippen LogP contribution in [-0.2, 0) is 0 Å². The first kappa shape index (κ1) is 17.9. The Morgan fingerprint density at radius 2 is 2.00 bits per heavy atom. The van der Waals surface area contributed by atoms with Crippen LogP contribution in [0.1, 0.15) is 31.4 Å². The fourth-order valence-electron chi connectivity index (χ4n) is 2.16. The molecule has 6 heteroatoms. The summed E-state index contributed by atoms with van der Waals surface area (Å²) in [6.45, 7) is 2.10. The molecule has 2 nitrogen and oxygen atoms in total. The Balaban J connectivity index is 2.62. The largest absolute Gasteiger partial charge is 0.401 e. The van der Waals surface area contributed by atoms with E-state index in [1.54, 1.807) is 12.1 Å². The Morgan fingerprint density at radius 1 is 1.29 bits per heavy atom. The molecule has 1 rings (SSSR count). The number of benzene rings is 1. The summed E-state index contributed by atoms with van der Waals surface area (Å²) in [5.41, 5.74) is 0.767. The SMILES string of the molecule is CCCNC(CCN(C)CC(F)(F)F)c1cccc(F)c1. The van der Waals surface area contributed by atoms with Crippen molar-refractivity contribution in [1.29, 1.82) is 0 Å². The van der Waals surface area contributed by atoms with Gasteiger partial charge in [0.05, 0.1) is 6.54 Å². The molecule has 1 atom stereocenters. The summed E-state index contributed by atoms with van der Waals surface area (Å²) in [6, 6.07) is 6.05. The average Bonchev–Trinajstić information content (AvgIpc) is 2.36. The molecule has 0 bridgehead atoms. The van der Waals surface area contributed by atoms with Gasteiger partial charge in [0.1, 0.15) is 5.82 Å². The highest BCUT2D eigenvalue weighted by Crippen LogP contribution is 2.20. The van der Waals surface area contributed by atoms with Crippen molar-refractivity contribution in [3.8, 4) is 0 Å². The maximum absolute atomic E-state index is 13.3. The molecule has 1 N–H and O–H groups in total. The third kappa shape index (κ3) is 7.43. The van der Waals surface area contributed by atoms with Gasteiger partial charge in [0.25, 0.3) is 0 Å². The van der Waals surface area contributed by atoms with Gasteiger partial charge in [-0.3, -0.25) is 4.90 Å². The van der Waals surface area contributed by atoms with Crippen LogP contribution in [0.3, 0.4) is 0 Å². The van der Waals surface area contributed by atoms with E-state index >= 15 is 0 Å². The Kier molecular flexibility index (Phi) is 7.11. The summed E-state index contributed by atoms with van der Waals surface area (Å²) in [7, 11) is 1.44. The van der Waals surface area contributed by atoms with Gasteiger partial charge in [-0.2, -0.15) is 13.2 Å². The van der Waals surface area contributed by atoms with Crippen LogP contribution in [0.2, 0.25) is 0 Å². The number of hydrogen-bond donors (Lipinski definition) is 1. The number of nitrogens with one attached hydrogen (secondary N) is 1. The van der Waals surface area contributed by atoms with Crippen molar-refractivity contribution in [3.05, 3.63) is 35.6 Å². The van der Waals surface area contributed by atoms with E-state index in [2.05, 4.69) is 5.32 Å². The Labute approximate surface area is 123 Å². The number of nitrogens with zero attached hydrogens (tertiary/aromatic N) is 1. The molecule has 0 aliphatic heterocycles. The molecule has 0 aliphatic carbocycles. The van der Waals surface area contributed by atoms with E-state index in [-0.39, 0.29) is 18.4 Å². The average molecular weight is 306 g/mol. The molecule has 0 amide bonds. The monoisotopic (exact) mass is 306 g/mol. The third-order valence-electron chi connectivity index (χ3n) is 3.14. The second kappa shape index (κ2) is 8.34. The smallest absolute Gasteiger partial charge is 0.310 e. The molecular weight excluding hydrogens is 284 g/mol. The molecule has 0 aliphatic rings. The van der Waals surface area contributed by atoms with E-state index in [1.165, 1.54) is 24.1 Å². The minimum atomic E-state index is -4.19. The Hall–Kier alpha value is -1.14. The van der Waals surface area contributed by atoms with Gasteiger partial charge in [-0.25, -0.2) is 4.39 Å². The van der Waals surface area contributed by atoms with Gasteiger partial charge >= 0.3 is 6.18 Å². The molecule has 0 saturated carbocycles. The van der Waals surface area contributed by atoms with E-state index in [9.17, 15) is 17.6 Å². The fourth-order valence-corrected chi connectivity index (χ4v) is 2.16. The highest BCUT2D eigenvalue weighted by atomic mass is 19.4. The molecule has 21 heavy (non-hydrogen) atoms. The van der Waals surface area contributed by atoms with Crippen molar-refractivity contribution in [3.63, 3.8) is 0 Å². The van der Waals surface area contributed by atoms with Crippen LogP contribution in [0, 0.1) is 5.82 Å². The normalized spacial score (nSPS) is 13.7. The van der Waals surface area contributed by atoms with Gasteiger partial charge in [-0.05, 0) is 50.7 Å². The van der Waals surface area contributed by atoms with Crippen molar-refractivity contribution in [2.24, 2.45) is 0 Å². The second-order valence-electron chi connectivity index (χ2n) is 5.20. The van der Waals surface area contributed by atoms with Gasteiger partial charge in [-0.15, -0.1) is 0 Å². The second-order valence-corrected chi connectivity index (χ2v) is 5.20. The van der Waals surface area contributed by atoms with E-state index in [1.807, 2.05) is 6.92 Å². The zero-order chi connectivity index (χ0) is 15.9. The highest BCUT2D eigenvalue weighted by Gasteiger charge is 2.29. The molecule has 0 fully saturated rings. The number of hydrogen-bond acceptors (Lipinski definition) is 2. The number of halogens is 4. The lowest BCUT2D eigenvalue weighted by Gasteiger charge is -2.23. The van der Waals surface area contributed by atoms with E-state index < -0.39 is 12.7 Å². The maximum Gasteiger partial charge on any atom is 0.401 e. The summed E-state index contributed by atoms with van der Waals surface area (Å²) in [6.07, 6.45) is -2.79. The van der Waals surface area contributed by atoms with Crippen LogP contribution in [0.25, 0.3) is 0 Å². The predicted molar refractivity (Wildman–Crippen MR) is 75.6 cm³/mol. The van der Waals surface area contributed by atoms with Gasteiger partial charge in [0, 0.05) is 6.04 Å². The zero-order valence-electron chi connectivity index (χ0n) is 12.4. The maximum atomic E-state index is 13.3. The van der Waals surface area contributed by atoms with Crippen LogP contribution in [-0.4, -0.2) is 37.8 Å². The van der Waals surface area contributed by atoms with Crippen molar-refractivity contribution >= 4 is 0 Å². The van der Waals surface area contributed by atoms with Crippen molar-refractivity contribution < 1.29 is 17.6 Å². The van der Waals surface area contributed by atoms with Gasteiger partial charge < -0.3 is 5.32 Å². The van der Waals surface area contributed by atoms with Crippen LogP contribution in [0.5, 0.6) is 0 Å². The third-order valence-corrected chi connectivity index (χ3v) is 3.14. The van der Waals surface area contributed by atoms with E-state index in [4.69, 9.17) is 0 Å². The molecule has 0 spiro atoms. The van der Waals surface area contributed by atoms with Crippen LogP contribution < -0.4 is 5.32 Å². The predicted octanol–water partition coefficient (Wildman–Crippen LogP) is 3.75. The Morgan fingerprint density at radius 3 is 2.57 bits per heavy atom. The molecule has 1 unspecified atom stereocenters. The van der Waals surface area contributed by atoms with Crippen molar-refractivity contribution in [2.45, 2.75) is 32.0 Å². The van der Waals surface area contributed by atoms with Crippen molar-refractivity contribution in [2.75, 3.05) is 26.7 Å². The van der Waals surface area contributed by atoms with E-state index in [0.717, 1.165) is 18.5 Å². The molecule has 1 aromatic carbocycles. The number of rotatable bonds is 8. The molecule has 0 heterocycles. The zero-order valence-corrected chi connectivity index (χ0v) is 12.4. The van der Waals surface area contributed by atoms with Gasteiger partial charge in [-0.1, -0.05) is 19.1 Å². The quantitative estimate of drug-likeness (QED) is 0.736. The Bertz CT molecular complexity index is 420. The first-order valence-electron chi connectivity index (χ1n) is 7.06. The lowest BCUT2D eigenvalue weighted by molar-refractivity contribution is -0.143. The summed E-state index contributed by atoms with van der Waals surface area (Å²) in [5, 5.41) is 3.26. The first-order chi connectivity index (χ1) is 9.81. The van der Waals surface area contributed by atoms with Crippen LogP contribution in [0.15, 0.2) is 24.3 Å². The lowest BCUT2D eigenvalue weighted by Crippen LogP contribution is -2.34. The lowest BCUT2D eigenvalue weighted by atomic mass is 10.0. The number of alkyl halides is 3. The van der Waals surface area contributed by atoms with Gasteiger partial charge in [0.2, 0.25) is 0 Å². The topological polar surface area (TPSA) is 15.3 Å². The van der Waals surface area contributed by atoms with Crippen LogP contribution in [0.4, 0.5) is 17.6 Å². The standard InChI is InChI=1S/C15H22F4N2/c1-3-8-20-14(12-5-4-6-13(16)10-12)7-9-21(2)11-15(17,18)19/h4-6,10,14,20H,3,7-9,11H2,1-2H3. The summed E-state index contributed by atoms with van der Waals surface area (Å²) in [5.74, 6) is -0.334. The minimum Gasteiger partial charge on any atom is -0.310 e. The fraction of sp³-hybridized carbons (Fsp3) is 0.600. The van der Waals surface area contributed by atoms with E-state index in [0.29, 0.717) is 6.42 Å². The summed E-state index contributed by atoms with van der Waals surface area (Å²) >= 11 is 0. The summed E-state index contributed by atoms with van der Waals surface area (Å²) in [4.78, 5) is 1.24. The molecule has 1 aromatic rings. The highest BCUT2D eigenvalue weighted by molar-refractivity contribution is 5.20. The molecule has 0 radical (unpaired) electrons. The molecule has 120 valence electrons. The molecular formula is C15H22F4N2. The van der Waals surface area contributed by atoms with Crippen molar-refractivity contribution in [1.82, 2.24) is 10.2 Å². The minimum absolute atomic E-state index is 0.142. The summed E-state index contributed by atoms with van der Waals surface area (Å²) < 4.78 is 50.2. The van der Waals surface area contributed by atoms with Crippen LogP contribution >= 0.6 is 0 Å². The molecule has 0 saturated heterocycles. The van der Waals surface area contributed by atoms with Gasteiger partial charge in [0.15, 0.2) is 0 Å².